The molecule has 18 heavy (non-hydrogen) atoms. The first-order valence-corrected chi connectivity index (χ1v) is 5.96. The summed E-state index contributed by atoms with van der Waals surface area (Å²) in [5, 5.41) is 4.25. The predicted molar refractivity (Wildman–Crippen MR) is 67.8 cm³/mol. The summed E-state index contributed by atoms with van der Waals surface area (Å²) in [6.07, 6.45) is 1.92. The van der Waals surface area contributed by atoms with Crippen LogP contribution in [0.4, 0.5) is 5.82 Å². The molecule has 1 aliphatic rings. The summed E-state index contributed by atoms with van der Waals surface area (Å²) in [5.41, 5.74) is 9.05. The number of nitrogens with zero attached hydrogens (tertiary/aromatic N) is 5. The van der Waals surface area contributed by atoms with E-state index in [2.05, 4.69) is 20.0 Å². The highest BCUT2D eigenvalue weighted by atomic mass is 15.3. The van der Waals surface area contributed by atoms with Crippen molar-refractivity contribution in [2.75, 3.05) is 4.90 Å². The minimum absolute atomic E-state index is 0.443. The highest BCUT2D eigenvalue weighted by Gasteiger charge is 2.23. The molecule has 0 spiro atoms. The standard InChI is InChI=1S/C12H16N6/c1-8-15-10(4-13)3-12(16-8)18-6-9-5-14-17(2)11(9)7-18/h3,5H,4,6-7,13H2,1-2H3. The third kappa shape index (κ3) is 1.74. The second-order valence-corrected chi connectivity index (χ2v) is 4.56. The monoisotopic (exact) mass is 244 g/mol. The Balaban J connectivity index is 1.92. The van der Waals surface area contributed by atoms with Crippen molar-refractivity contribution in [1.82, 2.24) is 19.7 Å². The second-order valence-electron chi connectivity index (χ2n) is 4.56. The van der Waals surface area contributed by atoms with Crippen LogP contribution < -0.4 is 10.6 Å². The van der Waals surface area contributed by atoms with Crippen LogP contribution in [0.25, 0.3) is 0 Å². The molecular formula is C12H16N6. The van der Waals surface area contributed by atoms with Crippen LogP contribution in [-0.4, -0.2) is 19.7 Å². The number of hydrogen-bond acceptors (Lipinski definition) is 5. The van der Waals surface area contributed by atoms with E-state index in [-0.39, 0.29) is 0 Å². The number of rotatable bonds is 2. The van der Waals surface area contributed by atoms with Crippen LogP contribution in [0.2, 0.25) is 0 Å². The fraction of sp³-hybridized carbons (Fsp3) is 0.417. The highest BCUT2D eigenvalue weighted by Crippen LogP contribution is 2.26. The molecule has 2 aromatic heterocycles. The molecule has 0 unspecified atom stereocenters. The lowest BCUT2D eigenvalue weighted by molar-refractivity contribution is 0.699. The van der Waals surface area contributed by atoms with Crippen LogP contribution in [0.3, 0.4) is 0 Å². The molecule has 0 saturated heterocycles. The van der Waals surface area contributed by atoms with Gasteiger partial charge in [0.15, 0.2) is 0 Å². The average molecular weight is 244 g/mol. The smallest absolute Gasteiger partial charge is 0.133 e. The summed E-state index contributed by atoms with van der Waals surface area (Å²) < 4.78 is 1.92. The van der Waals surface area contributed by atoms with Crippen molar-refractivity contribution < 1.29 is 0 Å². The Hall–Kier alpha value is -1.95. The van der Waals surface area contributed by atoms with Gasteiger partial charge in [0.1, 0.15) is 11.6 Å². The Labute approximate surface area is 105 Å². The van der Waals surface area contributed by atoms with E-state index >= 15 is 0 Å². The van der Waals surface area contributed by atoms with Gasteiger partial charge in [0.05, 0.1) is 24.1 Å². The first-order chi connectivity index (χ1) is 8.67. The highest BCUT2D eigenvalue weighted by molar-refractivity contribution is 5.45. The van der Waals surface area contributed by atoms with Crippen molar-refractivity contribution in [2.24, 2.45) is 12.8 Å². The third-order valence-corrected chi connectivity index (χ3v) is 3.26. The lowest BCUT2D eigenvalue weighted by Gasteiger charge is -2.17. The SMILES string of the molecule is Cc1nc(CN)cc(N2Cc3cnn(C)c3C2)n1. The number of aromatic nitrogens is 4. The molecule has 0 atom stereocenters. The number of nitrogens with two attached hydrogens (primary N) is 1. The van der Waals surface area contributed by atoms with Crippen molar-refractivity contribution in [3.05, 3.63) is 35.0 Å². The van der Waals surface area contributed by atoms with Gasteiger partial charge in [-0.1, -0.05) is 0 Å². The van der Waals surface area contributed by atoms with Crippen LogP contribution in [0.5, 0.6) is 0 Å². The molecule has 2 N–H and O–H groups in total. The molecule has 0 bridgehead atoms. The van der Waals surface area contributed by atoms with E-state index in [4.69, 9.17) is 5.73 Å². The molecule has 0 fully saturated rings. The maximum Gasteiger partial charge on any atom is 0.133 e. The lowest BCUT2D eigenvalue weighted by atomic mass is 10.3. The van der Waals surface area contributed by atoms with E-state index in [1.807, 2.05) is 30.9 Å². The quantitative estimate of drug-likeness (QED) is 0.832. The Morgan fingerprint density at radius 3 is 2.89 bits per heavy atom. The van der Waals surface area contributed by atoms with E-state index in [1.165, 1.54) is 11.3 Å². The van der Waals surface area contributed by atoms with Crippen LogP contribution in [0.15, 0.2) is 12.3 Å². The second kappa shape index (κ2) is 4.06. The van der Waals surface area contributed by atoms with Crippen LogP contribution in [0.1, 0.15) is 22.8 Å². The zero-order valence-electron chi connectivity index (χ0n) is 10.6. The first-order valence-electron chi connectivity index (χ1n) is 5.96. The maximum absolute atomic E-state index is 5.65. The zero-order chi connectivity index (χ0) is 12.7. The van der Waals surface area contributed by atoms with Crippen molar-refractivity contribution in [3.8, 4) is 0 Å². The van der Waals surface area contributed by atoms with E-state index in [9.17, 15) is 0 Å². The summed E-state index contributed by atoms with van der Waals surface area (Å²) in [6, 6.07) is 1.96. The molecule has 1 aliphatic heterocycles. The minimum atomic E-state index is 0.443. The third-order valence-electron chi connectivity index (χ3n) is 3.26. The van der Waals surface area contributed by atoms with Crippen LogP contribution in [-0.2, 0) is 26.7 Å². The Bertz CT molecular complexity index is 588. The molecular weight excluding hydrogens is 228 g/mol. The summed E-state index contributed by atoms with van der Waals surface area (Å²) in [6.45, 7) is 4.03. The summed E-state index contributed by atoms with van der Waals surface area (Å²) in [7, 11) is 1.97. The minimum Gasteiger partial charge on any atom is -0.346 e. The van der Waals surface area contributed by atoms with Crippen molar-refractivity contribution in [2.45, 2.75) is 26.6 Å². The maximum atomic E-state index is 5.65. The van der Waals surface area contributed by atoms with E-state index in [0.717, 1.165) is 30.4 Å². The summed E-state index contributed by atoms with van der Waals surface area (Å²) in [5.74, 6) is 1.71. The lowest BCUT2D eigenvalue weighted by Crippen LogP contribution is -2.19. The molecule has 2 aromatic rings. The predicted octanol–water partition coefficient (Wildman–Crippen LogP) is 0.497. The molecule has 3 rings (SSSR count). The van der Waals surface area contributed by atoms with Gasteiger partial charge in [-0.15, -0.1) is 0 Å². The van der Waals surface area contributed by atoms with Crippen LogP contribution >= 0.6 is 0 Å². The molecule has 0 amide bonds. The van der Waals surface area contributed by atoms with Gasteiger partial charge in [-0.25, -0.2) is 9.97 Å². The van der Waals surface area contributed by atoms with Crippen molar-refractivity contribution in [1.29, 1.82) is 0 Å². The van der Waals surface area contributed by atoms with Gasteiger partial charge < -0.3 is 10.6 Å². The topological polar surface area (TPSA) is 72.9 Å². The molecule has 94 valence electrons. The van der Waals surface area contributed by atoms with Gasteiger partial charge in [-0.2, -0.15) is 5.10 Å². The average Bonchev–Trinajstić information content (AvgIpc) is 2.91. The van der Waals surface area contributed by atoms with E-state index in [1.54, 1.807) is 0 Å². The van der Waals surface area contributed by atoms with Gasteiger partial charge in [-0.05, 0) is 6.92 Å². The van der Waals surface area contributed by atoms with Crippen molar-refractivity contribution >= 4 is 5.82 Å². The Kier molecular flexibility index (Phi) is 2.52. The first kappa shape index (κ1) is 11.2. The van der Waals surface area contributed by atoms with Gasteiger partial charge in [0.25, 0.3) is 0 Å². The van der Waals surface area contributed by atoms with Gasteiger partial charge in [0, 0.05) is 31.8 Å². The zero-order valence-corrected chi connectivity index (χ0v) is 10.6. The van der Waals surface area contributed by atoms with E-state index < -0.39 is 0 Å². The number of anilines is 1. The molecule has 0 radical (unpaired) electrons. The Morgan fingerprint density at radius 1 is 1.33 bits per heavy atom. The number of hydrogen-bond donors (Lipinski definition) is 1. The molecule has 6 heteroatoms. The number of aryl methyl sites for hydroxylation is 2. The number of fused-ring (bicyclic) bond motifs is 1. The van der Waals surface area contributed by atoms with Crippen molar-refractivity contribution in [3.63, 3.8) is 0 Å². The van der Waals surface area contributed by atoms with Gasteiger partial charge in [0.2, 0.25) is 0 Å². The molecule has 3 heterocycles. The molecule has 0 aliphatic carbocycles. The largest absolute Gasteiger partial charge is 0.346 e. The summed E-state index contributed by atoms with van der Waals surface area (Å²) in [4.78, 5) is 11.0. The molecule has 6 nitrogen and oxygen atoms in total. The Morgan fingerprint density at radius 2 is 2.17 bits per heavy atom. The van der Waals surface area contributed by atoms with Gasteiger partial charge >= 0.3 is 0 Å². The molecule has 0 saturated carbocycles. The molecule has 0 aromatic carbocycles. The van der Waals surface area contributed by atoms with E-state index in [0.29, 0.717) is 6.54 Å². The fourth-order valence-corrected chi connectivity index (χ4v) is 2.33. The summed E-state index contributed by atoms with van der Waals surface area (Å²) >= 11 is 0. The van der Waals surface area contributed by atoms with Gasteiger partial charge in [-0.3, -0.25) is 4.68 Å². The fourth-order valence-electron chi connectivity index (χ4n) is 2.33. The normalized spacial score (nSPS) is 14.1. The van der Waals surface area contributed by atoms with Crippen LogP contribution in [0, 0.1) is 6.92 Å².